The van der Waals surface area contributed by atoms with Crippen molar-refractivity contribution >= 4 is 0 Å². The minimum Gasteiger partial charge on any atom is -0.314 e. The van der Waals surface area contributed by atoms with Gasteiger partial charge in [0.15, 0.2) is 0 Å². The van der Waals surface area contributed by atoms with E-state index in [4.69, 9.17) is 0 Å². The van der Waals surface area contributed by atoms with E-state index in [1.54, 1.807) is 0 Å². The fourth-order valence-corrected chi connectivity index (χ4v) is 3.58. The molecule has 21 heavy (non-hydrogen) atoms. The first-order valence-corrected chi connectivity index (χ1v) is 8.89. The average molecular weight is 286 g/mol. The molecule has 1 atom stereocenters. The van der Waals surface area contributed by atoms with Crippen LogP contribution in [-0.4, -0.2) is 30.6 Å². The third-order valence-corrected chi connectivity index (χ3v) is 5.11. The van der Waals surface area contributed by atoms with E-state index in [-0.39, 0.29) is 0 Å². The third-order valence-electron chi connectivity index (χ3n) is 5.11. The Bertz CT molecular complexity index is 405. The van der Waals surface area contributed by atoms with Crippen molar-refractivity contribution in [3.8, 4) is 0 Å². The molecule has 1 N–H and O–H groups in total. The number of nitrogens with one attached hydrogen (secondary N) is 1. The largest absolute Gasteiger partial charge is 0.314 e. The van der Waals surface area contributed by atoms with Gasteiger partial charge < -0.3 is 5.32 Å². The SMILES string of the molecule is CCCC(c1ccccc1)N1CCC(NCC2CC2)CC1. The monoisotopic (exact) mass is 286 g/mol. The summed E-state index contributed by atoms with van der Waals surface area (Å²) in [7, 11) is 0. The average Bonchev–Trinajstić information content (AvgIpc) is 3.36. The maximum atomic E-state index is 3.79. The zero-order valence-electron chi connectivity index (χ0n) is 13.4. The fraction of sp³-hybridized carbons (Fsp3) is 0.684. The van der Waals surface area contributed by atoms with Crippen LogP contribution in [0.5, 0.6) is 0 Å². The summed E-state index contributed by atoms with van der Waals surface area (Å²) in [6, 6.07) is 12.5. The van der Waals surface area contributed by atoms with Crippen LogP contribution in [-0.2, 0) is 0 Å². The van der Waals surface area contributed by atoms with Gasteiger partial charge in [0, 0.05) is 25.2 Å². The van der Waals surface area contributed by atoms with Crippen molar-refractivity contribution in [2.75, 3.05) is 19.6 Å². The van der Waals surface area contributed by atoms with Crippen molar-refractivity contribution in [3.63, 3.8) is 0 Å². The quantitative estimate of drug-likeness (QED) is 0.815. The van der Waals surface area contributed by atoms with E-state index in [1.165, 1.54) is 63.7 Å². The molecule has 116 valence electrons. The van der Waals surface area contributed by atoms with Crippen LogP contribution in [0.25, 0.3) is 0 Å². The Balaban J connectivity index is 1.52. The van der Waals surface area contributed by atoms with E-state index < -0.39 is 0 Å². The van der Waals surface area contributed by atoms with Crippen LogP contribution >= 0.6 is 0 Å². The van der Waals surface area contributed by atoms with Gasteiger partial charge in [0.1, 0.15) is 0 Å². The molecule has 2 fully saturated rings. The van der Waals surface area contributed by atoms with Crippen LogP contribution < -0.4 is 5.32 Å². The first-order valence-electron chi connectivity index (χ1n) is 8.89. The van der Waals surface area contributed by atoms with Gasteiger partial charge in [-0.05, 0) is 50.1 Å². The van der Waals surface area contributed by atoms with Crippen LogP contribution in [0.2, 0.25) is 0 Å². The number of hydrogen-bond acceptors (Lipinski definition) is 2. The summed E-state index contributed by atoms with van der Waals surface area (Å²) in [5, 5.41) is 3.79. The minimum absolute atomic E-state index is 0.626. The highest BCUT2D eigenvalue weighted by molar-refractivity contribution is 5.19. The Morgan fingerprint density at radius 2 is 1.81 bits per heavy atom. The number of benzene rings is 1. The Morgan fingerprint density at radius 3 is 2.43 bits per heavy atom. The highest BCUT2D eigenvalue weighted by atomic mass is 15.2. The van der Waals surface area contributed by atoms with Gasteiger partial charge in [0.05, 0.1) is 0 Å². The molecule has 0 radical (unpaired) electrons. The maximum Gasteiger partial charge on any atom is 0.0348 e. The molecule has 2 nitrogen and oxygen atoms in total. The maximum absolute atomic E-state index is 3.79. The summed E-state index contributed by atoms with van der Waals surface area (Å²) in [5.41, 5.74) is 1.50. The van der Waals surface area contributed by atoms with Crippen molar-refractivity contribution in [2.24, 2.45) is 5.92 Å². The van der Waals surface area contributed by atoms with E-state index in [1.807, 2.05) is 0 Å². The molecule has 1 aromatic carbocycles. The standard InChI is InChI=1S/C19H30N2/c1-2-6-19(17-7-4-3-5-8-17)21-13-11-18(12-14-21)20-15-16-9-10-16/h3-5,7-8,16,18-20H,2,6,9-15H2,1H3. The van der Waals surface area contributed by atoms with Gasteiger partial charge in [-0.25, -0.2) is 0 Å². The lowest BCUT2D eigenvalue weighted by Gasteiger charge is -2.38. The van der Waals surface area contributed by atoms with Gasteiger partial charge >= 0.3 is 0 Å². The number of nitrogens with zero attached hydrogens (tertiary/aromatic N) is 1. The lowest BCUT2D eigenvalue weighted by Crippen LogP contribution is -2.44. The first kappa shape index (κ1) is 15.1. The van der Waals surface area contributed by atoms with E-state index in [0.29, 0.717) is 6.04 Å². The molecule has 0 amide bonds. The number of piperidine rings is 1. The summed E-state index contributed by atoms with van der Waals surface area (Å²) >= 11 is 0. The van der Waals surface area contributed by atoms with Crippen LogP contribution in [0.1, 0.15) is 57.1 Å². The highest BCUT2D eigenvalue weighted by Crippen LogP contribution is 2.30. The topological polar surface area (TPSA) is 15.3 Å². The van der Waals surface area contributed by atoms with Gasteiger partial charge in [0.25, 0.3) is 0 Å². The molecule has 1 aliphatic heterocycles. The van der Waals surface area contributed by atoms with Crippen LogP contribution in [0, 0.1) is 5.92 Å². The molecule has 2 heteroatoms. The predicted molar refractivity (Wildman–Crippen MR) is 89.4 cm³/mol. The van der Waals surface area contributed by atoms with Gasteiger partial charge in [-0.2, -0.15) is 0 Å². The fourth-order valence-electron chi connectivity index (χ4n) is 3.58. The summed E-state index contributed by atoms with van der Waals surface area (Å²) in [6.07, 6.45) is 8.10. The molecule has 1 saturated heterocycles. The van der Waals surface area contributed by atoms with E-state index in [2.05, 4.69) is 47.5 Å². The van der Waals surface area contributed by atoms with Gasteiger partial charge in [-0.1, -0.05) is 43.7 Å². The number of likely N-dealkylation sites (tertiary alicyclic amines) is 1. The van der Waals surface area contributed by atoms with Crippen molar-refractivity contribution in [3.05, 3.63) is 35.9 Å². The first-order chi connectivity index (χ1) is 10.4. The van der Waals surface area contributed by atoms with Crippen LogP contribution in [0.15, 0.2) is 30.3 Å². The third kappa shape index (κ3) is 4.31. The molecule has 1 saturated carbocycles. The van der Waals surface area contributed by atoms with Crippen molar-refractivity contribution in [1.82, 2.24) is 10.2 Å². The Morgan fingerprint density at radius 1 is 1.10 bits per heavy atom. The zero-order valence-corrected chi connectivity index (χ0v) is 13.4. The number of rotatable bonds is 7. The Hall–Kier alpha value is -0.860. The Kier molecular flexibility index (Phi) is 5.32. The molecular weight excluding hydrogens is 256 g/mol. The molecule has 3 rings (SSSR count). The van der Waals surface area contributed by atoms with Crippen molar-refractivity contribution in [1.29, 1.82) is 0 Å². The summed E-state index contributed by atoms with van der Waals surface area (Å²) in [4.78, 5) is 2.72. The van der Waals surface area contributed by atoms with E-state index >= 15 is 0 Å². The number of hydrogen-bond donors (Lipinski definition) is 1. The second-order valence-corrected chi connectivity index (χ2v) is 6.88. The lowest BCUT2D eigenvalue weighted by molar-refractivity contribution is 0.135. The second-order valence-electron chi connectivity index (χ2n) is 6.88. The van der Waals surface area contributed by atoms with Crippen LogP contribution in [0.3, 0.4) is 0 Å². The molecule has 0 bridgehead atoms. The highest BCUT2D eigenvalue weighted by Gasteiger charge is 2.27. The molecule has 1 heterocycles. The van der Waals surface area contributed by atoms with E-state index in [0.717, 1.165) is 12.0 Å². The molecule has 2 aliphatic rings. The summed E-state index contributed by atoms with van der Waals surface area (Å²) in [6.45, 7) is 6.07. The Labute approximate surface area is 129 Å². The molecule has 0 spiro atoms. The van der Waals surface area contributed by atoms with Crippen LogP contribution in [0.4, 0.5) is 0 Å². The normalized spacial score (nSPS) is 22.3. The molecule has 1 aromatic rings. The molecular formula is C19H30N2. The predicted octanol–water partition coefficient (Wildman–Crippen LogP) is 3.99. The molecule has 0 aromatic heterocycles. The smallest absolute Gasteiger partial charge is 0.0348 e. The molecule has 1 aliphatic carbocycles. The lowest BCUT2D eigenvalue weighted by atomic mass is 9.96. The minimum atomic E-state index is 0.626. The summed E-state index contributed by atoms with van der Waals surface area (Å²) < 4.78 is 0. The van der Waals surface area contributed by atoms with Gasteiger partial charge in [-0.3, -0.25) is 4.90 Å². The van der Waals surface area contributed by atoms with Crippen molar-refractivity contribution in [2.45, 2.75) is 57.5 Å². The zero-order chi connectivity index (χ0) is 14.5. The van der Waals surface area contributed by atoms with Crippen molar-refractivity contribution < 1.29 is 0 Å². The van der Waals surface area contributed by atoms with Gasteiger partial charge in [0.2, 0.25) is 0 Å². The van der Waals surface area contributed by atoms with E-state index in [9.17, 15) is 0 Å². The summed E-state index contributed by atoms with van der Waals surface area (Å²) in [5.74, 6) is 1.00. The second kappa shape index (κ2) is 7.42. The van der Waals surface area contributed by atoms with Gasteiger partial charge in [-0.15, -0.1) is 0 Å². The molecule has 1 unspecified atom stereocenters.